The highest BCUT2D eigenvalue weighted by atomic mass is 35.5. The summed E-state index contributed by atoms with van der Waals surface area (Å²) in [6, 6.07) is 10.0. The minimum atomic E-state index is -0.614. The highest BCUT2D eigenvalue weighted by Crippen LogP contribution is 2.26. The van der Waals surface area contributed by atoms with Gasteiger partial charge in [-0.15, -0.1) is 11.8 Å². The number of carbonyl (C=O) groups is 2. The quantitative estimate of drug-likeness (QED) is 0.358. The first kappa shape index (κ1) is 28.1. The van der Waals surface area contributed by atoms with Crippen molar-refractivity contribution in [2.24, 2.45) is 0 Å². The summed E-state index contributed by atoms with van der Waals surface area (Å²) in [5.74, 6) is 0.477. The molecular weight excluding hydrogens is 522 g/mol. The molecule has 0 aliphatic carbocycles. The van der Waals surface area contributed by atoms with Crippen LogP contribution >= 0.6 is 58.2 Å². The van der Waals surface area contributed by atoms with Gasteiger partial charge < -0.3 is 10.2 Å². The number of nitrogens with one attached hydrogen (secondary N) is 1. The molecule has 0 fully saturated rings. The molecule has 0 aliphatic heterocycles. The van der Waals surface area contributed by atoms with Crippen LogP contribution in [0.3, 0.4) is 0 Å². The molecule has 1 N–H and O–H groups in total. The summed E-state index contributed by atoms with van der Waals surface area (Å²) in [7, 11) is 0. The molecule has 1 atom stereocenters. The molecule has 4 nitrogen and oxygen atoms in total. The number of carbonyl (C=O) groups excluding carboxylic acids is 2. The first-order valence-electron chi connectivity index (χ1n) is 10.5. The van der Waals surface area contributed by atoms with Gasteiger partial charge in [0.05, 0.1) is 25.8 Å². The van der Waals surface area contributed by atoms with Gasteiger partial charge in [0, 0.05) is 17.8 Å². The molecule has 0 aliphatic rings. The van der Waals surface area contributed by atoms with Crippen LogP contribution in [0, 0.1) is 0 Å². The summed E-state index contributed by atoms with van der Waals surface area (Å²) >= 11 is 25.7. The molecule has 2 amide bonds. The van der Waals surface area contributed by atoms with Crippen molar-refractivity contribution in [3.05, 3.63) is 67.6 Å². The Balaban J connectivity index is 2.19. The Morgan fingerprint density at radius 1 is 0.939 bits per heavy atom. The Bertz CT molecular complexity index is 995. The fourth-order valence-electron chi connectivity index (χ4n) is 3.18. The summed E-state index contributed by atoms with van der Waals surface area (Å²) in [6.45, 7) is 7.88. The lowest BCUT2D eigenvalue weighted by Gasteiger charge is -2.33. The van der Waals surface area contributed by atoms with Gasteiger partial charge in [-0.3, -0.25) is 9.59 Å². The molecule has 9 heteroatoms. The molecular formula is C24H28Cl4N2O2S. The average molecular weight is 550 g/mol. The van der Waals surface area contributed by atoms with Gasteiger partial charge >= 0.3 is 0 Å². The zero-order valence-corrected chi connectivity index (χ0v) is 22.9. The van der Waals surface area contributed by atoms with E-state index in [1.165, 1.54) is 11.8 Å². The lowest BCUT2D eigenvalue weighted by molar-refractivity contribution is -0.140. The van der Waals surface area contributed by atoms with Gasteiger partial charge in [-0.1, -0.05) is 65.5 Å². The highest BCUT2D eigenvalue weighted by Gasteiger charge is 2.30. The van der Waals surface area contributed by atoms with Crippen LogP contribution in [0.1, 0.15) is 45.2 Å². The maximum Gasteiger partial charge on any atom is 0.243 e. The van der Waals surface area contributed by atoms with Gasteiger partial charge in [0.1, 0.15) is 6.04 Å². The Hall–Kier alpha value is -1.11. The van der Waals surface area contributed by atoms with Crippen LogP contribution in [0.15, 0.2) is 36.4 Å². The van der Waals surface area contributed by atoms with E-state index in [-0.39, 0.29) is 24.1 Å². The molecule has 180 valence electrons. The van der Waals surface area contributed by atoms with Gasteiger partial charge in [0.2, 0.25) is 11.8 Å². The fraction of sp³-hybridized carbons (Fsp3) is 0.417. The Labute approximate surface area is 220 Å². The molecule has 33 heavy (non-hydrogen) atoms. The first-order chi connectivity index (χ1) is 15.4. The number of benzene rings is 2. The largest absolute Gasteiger partial charge is 0.350 e. The van der Waals surface area contributed by atoms with Crippen molar-refractivity contribution >= 4 is 70.0 Å². The smallest absolute Gasteiger partial charge is 0.243 e. The van der Waals surface area contributed by atoms with Crippen molar-refractivity contribution in [2.45, 2.75) is 58.0 Å². The summed E-state index contributed by atoms with van der Waals surface area (Å²) in [4.78, 5) is 27.9. The van der Waals surface area contributed by atoms with Gasteiger partial charge in [0.15, 0.2) is 0 Å². The highest BCUT2D eigenvalue weighted by molar-refractivity contribution is 7.99. The van der Waals surface area contributed by atoms with Gasteiger partial charge in [-0.25, -0.2) is 0 Å². The van der Waals surface area contributed by atoms with Crippen LogP contribution in [0.4, 0.5) is 0 Å². The lowest BCUT2D eigenvalue weighted by Crippen LogP contribution is -2.53. The number of amides is 2. The maximum absolute atomic E-state index is 13.3. The minimum Gasteiger partial charge on any atom is -0.350 e. The second-order valence-corrected chi connectivity index (χ2v) is 11.3. The zero-order valence-electron chi connectivity index (χ0n) is 19.1. The Kier molecular flexibility index (Phi) is 10.7. The van der Waals surface area contributed by atoms with E-state index in [1.54, 1.807) is 29.2 Å². The van der Waals surface area contributed by atoms with E-state index < -0.39 is 11.6 Å². The van der Waals surface area contributed by atoms with E-state index in [0.717, 1.165) is 11.1 Å². The SMILES string of the molecule is CC[C@H](C(=O)NC(C)(C)C)N(Cc1ccc(Cl)c(Cl)c1)C(=O)CSCc1ccc(Cl)c(Cl)c1. The van der Waals surface area contributed by atoms with E-state index in [9.17, 15) is 9.59 Å². The number of rotatable bonds is 9. The number of thioether (sulfide) groups is 1. The monoisotopic (exact) mass is 548 g/mol. The van der Waals surface area contributed by atoms with E-state index >= 15 is 0 Å². The summed E-state index contributed by atoms with van der Waals surface area (Å²) in [5, 5.41) is 4.80. The average Bonchev–Trinajstić information content (AvgIpc) is 2.71. The molecule has 0 saturated heterocycles. The number of hydrogen-bond acceptors (Lipinski definition) is 3. The third-order valence-corrected chi connectivity index (χ3v) is 7.17. The summed E-state index contributed by atoms with van der Waals surface area (Å²) < 4.78 is 0. The minimum absolute atomic E-state index is 0.137. The van der Waals surface area contributed by atoms with Crippen molar-refractivity contribution < 1.29 is 9.59 Å². The second kappa shape index (κ2) is 12.6. The molecule has 2 aromatic rings. The van der Waals surface area contributed by atoms with Gasteiger partial charge in [-0.2, -0.15) is 0 Å². The summed E-state index contributed by atoms with van der Waals surface area (Å²) in [5.41, 5.74) is 1.36. The normalized spacial score (nSPS) is 12.4. The fourth-order valence-corrected chi connectivity index (χ4v) is 4.67. The number of hydrogen-bond donors (Lipinski definition) is 1. The van der Waals surface area contributed by atoms with E-state index in [4.69, 9.17) is 46.4 Å². The third-order valence-electron chi connectivity index (χ3n) is 4.70. The topological polar surface area (TPSA) is 49.4 Å². The van der Waals surface area contributed by atoms with Crippen molar-refractivity contribution in [1.82, 2.24) is 10.2 Å². The van der Waals surface area contributed by atoms with Crippen molar-refractivity contribution in [2.75, 3.05) is 5.75 Å². The van der Waals surface area contributed by atoms with Crippen LogP contribution in [-0.2, 0) is 21.9 Å². The number of nitrogens with zero attached hydrogens (tertiary/aromatic N) is 1. The predicted molar refractivity (Wildman–Crippen MR) is 142 cm³/mol. The van der Waals surface area contributed by atoms with Crippen LogP contribution in [-0.4, -0.2) is 34.0 Å². The van der Waals surface area contributed by atoms with Crippen molar-refractivity contribution in [3.63, 3.8) is 0 Å². The number of halogens is 4. The molecule has 0 heterocycles. The zero-order chi connectivity index (χ0) is 24.8. The van der Waals surface area contributed by atoms with Crippen LogP contribution in [0.5, 0.6) is 0 Å². The van der Waals surface area contributed by atoms with Crippen LogP contribution in [0.25, 0.3) is 0 Å². The third kappa shape index (κ3) is 8.88. The van der Waals surface area contributed by atoms with Crippen molar-refractivity contribution in [3.8, 4) is 0 Å². The molecule has 0 aromatic heterocycles. The molecule has 0 radical (unpaired) electrons. The first-order valence-corrected chi connectivity index (χ1v) is 13.1. The van der Waals surface area contributed by atoms with Crippen LogP contribution < -0.4 is 5.32 Å². The molecule has 0 bridgehead atoms. The Morgan fingerprint density at radius 3 is 2.00 bits per heavy atom. The second-order valence-electron chi connectivity index (χ2n) is 8.67. The van der Waals surface area contributed by atoms with Gasteiger partial charge in [-0.05, 0) is 62.6 Å². The molecule has 2 aromatic carbocycles. The molecule has 0 saturated carbocycles. The predicted octanol–water partition coefficient (Wildman–Crippen LogP) is 7.26. The molecule has 0 unspecified atom stereocenters. The van der Waals surface area contributed by atoms with Crippen LogP contribution in [0.2, 0.25) is 20.1 Å². The molecule has 2 rings (SSSR count). The standard InChI is InChI=1S/C24H28Cl4N2O2S/c1-5-21(23(32)29-24(2,3)4)30(12-15-6-8-17(25)19(27)10-15)22(31)14-33-13-16-7-9-18(26)20(28)11-16/h6-11,21H,5,12-14H2,1-4H3,(H,29,32)/t21-/m1/s1. The maximum atomic E-state index is 13.3. The van der Waals surface area contributed by atoms with E-state index in [0.29, 0.717) is 32.3 Å². The van der Waals surface area contributed by atoms with Gasteiger partial charge in [0.25, 0.3) is 0 Å². The Morgan fingerprint density at radius 2 is 1.48 bits per heavy atom. The van der Waals surface area contributed by atoms with E-state index in [2.05, 4.69) is 5.32 Å². The lowest BCUT2D eigenvalue weighted by atomic mass is 10.1. The summed E-state index contributed by atoms with van der Waals surface area (Å²) in [6.07, 6.45) is 0.479. The van der Waals surface area contributed by atoms with E-state index in [1.807, 2.05) is 39.8 Å². The van der Waals surface area contributed by atoms with Crippen molar-refractivity contribution in [1.29, 1.82) is 0 Å². The molecule has 0 spiro atoms.